The maximum absolute atomic E-state index is 12.6. The van der Waals surface area contributed by atoms with Crippen molar-refractivity contribution in [3.05, 3.63) is 54.1 Å². The zero-order valence-corrected chi connectivity index (χ0v) is 12.8. The molecule has 6 heteroatoms. The summed E-state index contributed by atoms with van der Waals surface area (Å²) in [5.74, 6) is 0.781. The summed E-state index contributed by atoms with van der Waals surface area (Å²) in [5.41, 5.74) is 0.700. The van der Waals surface area contributed by atoms with Crippen LogP contribution in [0.5, 0.6) is 5.75 Å². The van der Waals surface area contributed by atoms with Crippen LogP contribution in [-0.2, 0) is 6.18 Å². The Balaban J connectivity index is 1.83. The molecule has 124 valence electrons. The van der Waals surface area contributed by atoms with E-state index in [0.29, 0.717) is 25.4 Å². The first-order valence-electron chi connectivity index (χ1n) is 7.37. The van der Waals surface area contributed by atoms with Crippen LogP contribution in [0.2, 0.25) is 0 Å². The second-order valence-electron chi connectivity index (χ2n) is 4.89. The first-order chi connectivity index (χ1) is 11.0. The van der Waals surface area contributed by atoms with E-state index >= 15 is 0 Å². The molecule has 3 nitrogen and oxygen atoms in total. The van der Waals surface area contributed by atoms with E-state index in [1.807, 2.05) is 31.2 Å². The highest BCUT2D eigenvalue weighted by atomic mass is 19.4. The SMILES string of the molecule is CCOc1cccc(NCCNc2cccc(C(F)(F)F)c2)c1. The third-order valence-corrected chi connectivity index (χ3v) is 3.12. The fraction of sp³-hybridized carbons (Fsp3) is 0.294. The van der Waals surface area contributed by atoms with Gasteiger partial charge in [0.15, 0.2) is 0 Å². The average Bonchev–Trinajstić information content (AvgIpc) is 2.52. The van der Waals surface area contributed by atoms with Crippen LogP contribution in [0.3, 0.4) is 0 Å². The van der Waals surface area contributed by atoms with Crippen LogP contribution in [0.1, 0.15) is 12.5 Å². The van der Waals surface area contributed by atoms with Crippen molar-refractivity contribution in [2.24, 2.45) is 0 Å². The zero-order chi connectivity index (χ0) is 16.7. The maximum Gasteiger partial charge on any atom is 0.416 e. The predicted octanol–water partition coefficient (Wildman–Crippen LogP) is 4.63. The Hall–Kier alpha value is -2.37. The van der Waals surface area contributed by atoms with Crippen molar-refractivity contribution in [2.45, 2.75) is 13.1 Å². The van der Waals surface area contributed by atoms with E-state index in [-0.39, 0.29) is 0 Å². The number of hydrogen-bond acceptors (Lipinski definition) is 3. The first-order valence-corrected chi connectivity index (χ1v) is 7.37. The third kappa shape index (κ3) is 5.39. The fourth-order valence-corrected chi connectivity index (χ4v) is 2.08. The van der Waals surface area contributed by atoms with Crippen LogP contribution in [0.4, 0.5) is 24.5 Å². The number of anilines is 2. The summed E-state index contributed by atoms with van der Waals surface area (Å²) in [6.07, 6.45) is -4.32. The lowest BCUT2D eigenvalue weighted by molar-refractivity contribution is -0.137. The van der Waals surface area contributed by atoms with E-state index in [9.17, 15) is 13.2 Å². The number of rotatable bonds is 7. The molecule has 2 aromatic rings. The minimum atomic E-state index is -4.32. The van der Waals surface area contributed by atoms with Gasteiger partial charge < -0.3 is 15.4 Å². The Morgan fingerprint density at radius 2 is 1.52 bits per heavy atom. The molecule has 0 aliphatic rings. The summed E-state index contributed by atoms with van der Waals surface area (Å²) in [6, 6.07) is 12.7. The van der Waals surface area contributed by atoms with Gasteiger partial charge in [0.25, 0.3) is 0 Å². The van der Waals surface area contributed by atoms with Gasteiger partial charge in [0.05, 0.1) is 12.2 Å². The molecule has 23 heavy (non-hydrogen) atoms. The van der Waals surface area contributed by atoms with Crippen LogP contribution in [-0.4, -0.2) is 19.7 Å². The number of ether oxygens (including phenoxy) is 1. The Morgan fingerprint density at radius 3 is 2.13 bits per heavy atom. The molecule has 0 radical (unpaired) electrons. The maximum atomic E-state index is 12.6. The molecule has 0 aliphatic heterocycles. The number of halogens is 3. The lowest BCUT2D eigenvalue weighted by atomic mass is 10.2. The molecule has 2 N–H and O–H groups in total. The van der Waals surface area contributed by atoms with E-state index in [1.165, 1.54) is 6.07 Å². The van der Waals surface area contributed by atoms with E-state index in [2.05, 4.69) is 10.6 Å². The molecule has 0 atom stereocenters. The molecule has 0 spiro atoms. The average molecular weight is 324 g/mol. The number of nitrogens with one attached hydrogen (secondary N) is 2. The molecule has 0 fully saturated rings. The first kappa shape index (κ1) is 17.0. The third-order valence-electron chi connectivity index (χ3n) is 3.12. The highest BCUT2D eigenvalue weighted by Crippen LogP contribution is 2.30. The van der Waals surface area contributed by atoms with Gasteiger partial charge in [-0.15, -0.1) is 0 Å². The van der Waals surface area contributed by atoms with Gasteiger partial charge in [0, 0.05) is 30.5 Å². The van der Waals surface area contributed by atoms with Gasteiger partial charge in [-0.05, 0) is 37.3 Å². The number of benzene rings is 2. The van der Waals surface area contributed by atoms with Crippen molar-refractivity contribution >= 4 is 11.4 Å². The molecule has 2 rings (SSSR count). The van der Waals surface area contributed by atoms with Crippen LogP contribution in [0.15, 0.2) is 48.5 Å². The molecule has 0 amide bonds. The summed E-state index contributed by atoms with van der Waals surface area (Å²) in [6.45, 7) is 3.59. The van der Waals surface area contributed by atoms with Crippen LogP contribution < -0.4 is 15.4 Å². The Labute approximate surface area is 133 Å². The largest absolute Gasteiger partial charge is 0.494 e. The van der Waals surface area contributed by atoms with Gasteiger partial charge in [0.2, 0.25) is 0 Å². The number of alkyl halides is 3. The number of hydrogen-bond donors (Lipinski definition) is 2. The lowest BCUT2D eigenvalue weighted by Crippen LogP contribution is -2.14. The van der Waals surface area contributed by atoms with Gasteiger partial charge in [-0.2, -0.15) is 13.2 Å². The summed E-state index contributed by atoms with van der Waals surface area (Å²) < 4.78 is 43.3. The summed E-state index contributed by atoms with van der Waals surface area (Å²) in [4.78, 5) is 0. The van der Waals surface area contributed by atoms with Crippen molar-refractivity contribution in [2.75, 3.05) is 30.3 Å². The molecule has 2 aromatic carbocycles. The predicted molar refractivity (Wildman–Crippen MR) is 86.0 cm³/mol. The normalized spacial score (nSPS) is 11.1. The Morgan fingerprint density at radius 1 is 0.913 bits per heavy atom. The Kier molecular flexibility index (Phi) is 5.73. The van der Waals surface area contributed by atoms with Gasteiger partial charge in [-0.25, -0.2) is 0 Å². The van der Waals surface area contributed by atoms with Crippen LogP contribution in [0, 0.1) is 0 Å². The van der Waals surface area contributed by atoms with Crippen molar-refractivity contribution in [3.63, 3.8) is 0 Å². The molecule has 0 heterocycles. The van der Waals surface area contributed by atoms with Crippen molar-refractivity contribution in [1.29, 1.82) is 0 Å². The highest BCUT2D eigenvalue weighted by Gasteiger charge is 2.30. The zero-order valence-electron chi connectivity index (χ0n) is 12.8. The molecule has 0 aliphatic carbocycles. The van der Waals surface area contributed by atoms with Crippen molar-refractivity contribution < 1.29 is 17.9 Å². The van der Waals surface area contributed by atoms with Crippen molar-refractivity contribution in [3.8, 4) is 5.75 Å². The van der Waals surface area contributed by atoms with Crippen LogP contribution in [0.25, 0.3) is 0 Å². The molecule has 0 unspecified atom stereocenters. The topological polar surface area (TPSA) is 33.3 Å². The van der Waals surface area contributed by atoms with Gasteiger partial charge in [-0.3, -0.25) is 0 Å². The van der Waals surface area contributed by atoms with Gasteiger partial charge in [-0.1, -0.05) is 12.1 Å². The molecule has 0 aromatic heterocycles. The summed E-state index contributed by atoms with van der Waals surface area (Å²) in [7, 11) is 0. The van der Waals surface area contributed by atoms with E-state index in [0.717, 1.165) is 23.6 Å². The minimum absolute atomic E-state index is 0.449. The van der Waals surface area contributed by atoms with E-state index in [4.69, 9.17) is 4.74 Å². The Bertz CT molecular complexity index is 629. The second kappa shape index (κ2) is 7.76. The summed E-state index contributed by atoms with van der Waals surface area (Å²) in [5, 5.41) is 6.17. The molecule has 0 bridgehead atoms. The second-order valence-corrected chi connectivity index (χ2v) is 4.89. The lowest BCUT2D eigenvalue weighted by Gasteiger charge is -2.12. The van der Waals surface area contributed by atoms with Crippen molar-refractivity contribution in [1.82, 2.24) is 0 Å². The van der Waals surface area contributed by atoms with E-state index in [1.54, 1.807) is 6.07 Å². The molecular weight excluding hydrogens is 305 g/mol. The van der Waals surface area contributed by atoms with E-state index < -0.39 is 11.7 Å². The molecular formula is C17H19F3N2O. The highest BCUT2D eigenvalue weighted by molar-refractivity contribution is 5.49. The monoisotopic (exact) mass is 324 g/mol. The quantitative estimate of drug-likeness (QED) is 0.729. The van der Waals surface area contributed by atoms with Gasteiger partial charge in [0.1, 0.15) is 5.75 Å². The minimum Gasteiger partial charge on any atom is -0.494 e. The summed E-state index contributed by atoms with van der Waals surface area (Å²) >= 11 is 0. The van der Waals surface area contributed by atoms with Gasteiger partial charge >= 0.3 is 6.18 Å². The van der Waals surface area contributed by atoms with Crippen LogP contribution >= 0.6 is 0 Å². The fourth-order valence-electron chi connectivity index (χ4n) is 2.08. The standard InChI is InChI=1S/C17H19F3N2O/c1-2-23-16-8-4-7-15(12-16)22-10-9-21-14-6-3-5-13(11-14)17(18,19)20/h3-8,11-12,21-22H,2,9-10H2,1H3. The molecule has 0 saturated heterocycles. The smallest absolute Gasteiger partial charge is 0.416 e. The molecule has 0 saturated carbocycles.